The van der Waals surface area contributed by atoms with Crippen LogP contribution in [0.4, 0.5) is 0 Å². The average Bonchev–Trinajstić information content (AvgIpc) is 3.62. The van der Waals surface area contributed by atoms with Crippen LogP contribution >= 0.6 is 0 Å². The van der Waals surface area contributed by atoms with Crippen molar-refractivity contribution >= 4 is 33.7 Å². The van der Waals surface area contributed by atoms with E-state index in [1.807, 2.05) is 12.4 Å². The van der Waals surface area contributed by atoms with Gasteiger partial charge in [-0.1, -0.05) is 24.3 Å². The van der Waals surface area contributed by atoms with Gasteiger partial charge in [-0.25, -0.2) is 0 Å². The zero-order valence-corrected chi connectivity index (χ0v) is 23.3. The molecule has 2 aromatic carbocycles. The van der Waals surface area contributed by atoms with Crippen LogP contribution in [-0.4, -0.2) is 72.0 Å². The number of likely N-dealkylation sites (tertiary alicyclic amines) is 2. The second-order valence-corrected chi connectivity index (χ2v) is 10.7. The van der Waals surface area contributed by atoms with E-state index < -0.39 is 11.9 Å². The number of likely N-dealkylation sites (N-methyl/N-ethyl adjacent to an activating group) is 2. The average molecular weight is 543 g/mol. The molecule has 8 heteroatoms. The summed E-state index contributed by atoms with van der Waals surface area (Å²) in [5, 5.41) is 21.6. The van der Waals surface area contributed by atoms with E-state index >= 15 is 0 Å². The number of carbonyl (C=O) groups is 2. The molecule has 0 aliphatic carbocycles. The molecule has 40 heavy (non-hydrogen) atoms. The third-order valence-corrected chi connectivity index (χ3v) is 7.74. The zero-order chi connectivity index (χ0) is 28.5. The summed E-state index contributed by atoms with van der Waals surface area (Å²) in [6.45, 7) is 4.90. The Bertz CT molecular complexity index is 1330. The largest absolute Gasteiger partial charge is 0.545 e. The maximum atomic E-state index is 9.41. The van der Waals surface area contributed by atoms with E-state index in [1.54, 1.807) is 0 Å². The molecule has 0 bridgehead atoms. The summed E-state index contributed by atoms with van der Waals surface area (Å²) in [5.74, 6) is -1.68. The molecule has 4 heterocycles. The van der Waals surface area contributed by atoms with Gasteiger partial charge in [-0.2, -0.15) is 0 Å². The number of piperidine rings is 2. The van der Waals surface area contributed by atoms with Crippen molar-refractivity contribution in [1.29, 1.82) is 0 Å². The summed E-state index contributed by atoms with van der Waals surface area (Å²) < 4.78 is 0. The van der Waals surface area contributed by atoms with Crippen LogP contribution in [-0.2, 0) is 9.59 Å². The molecule has 2 atom stereocenters. The van der Waals surface area contributed by atoms with Gasteiger partial charge in [-0.05, 0) is 112 Å². The first kappa shape index (κ1) is 29.1. The van der Waals surface area contributed by atoms with Gasteiger partial charge in [0, 0.05) is 47.3 Å². The predicted octanol–water partition coefficient (Wildman–Crippen LogP) is 3.00. The van der Waals surface area contributed by atoms with Gasteiger partial charge in [0.25, 0.3) is 0 Å². The molecule has 8 nitrogen and oxygen atoms in total. The lowest BCUT2D eigenvalue weighted by Gasteiger charge is -2.30. The Morgan fingerprint density at radius 1 is 0.725 bits per heavy atom. The molecule has 2 saturated heterocycles. The molecule has 2 unspecified atom stereocenters. The number of fused-ring (bicyclic) bond motifs is 2. The topological polar surface area (TPSA) is 118 Å². The van der Waals surface area contributed by atoms with E-state index in [0.29, 0.717) is 24.0 Å². The van der Waals surface area contributed by atoms with Crippen LogP contribution in [0.5, 0.6) is 0 Å². The van der Waals surface area contributed by atoms with E-state index in [1.165, 1.54) is 84.8 Å². The first-order valence-electron chi connectivity index (χ1n) is 13.9. The monoisotopic (exact) mass is 542 g/mol. The highest BCUT2D eigenvalue weighted by Crippen LogP contribution is 2.32. The van der Waals surface area contributed by atoms with Crippen molar-refractivity contribution in [2.75, 3.05) is 40.3 Å². The lowest BCUT2D eigenvalue weighted by molar-refractivity contribution is -0.301. The number of aromatic nitrogens is 2. The number of aromatic amines is 2. The van der Waals surface area contributed by atoms with Crippen LogP contribution in [0, 0.1) is 0 Å². The fourth-order valence-electron chi connectivity index (χ4n) is 5.91. The molecular weight excluding hydrogens is 504 g/mol. The highest BCUT2D eigenvalue weighted by atomic mass is 16.4. The highest BCUT2D eigenvalue weighted by Gasteiger charge is 2.21. The SMILES string of the molecule is CN1CCCC(c2cccc3[nH]ccc23)C1.CN1CCCC(c2cccc3[nH]ccc23)C1.O=C([O-])/C=C/C(=O)[O-]. The van der Waals surface area contributed by atoms with Crippen LogP contribution in [0.1, 0.15) is 48.6 Å². The quantitative estimate of drug-likeness (QED) is 0.383. The number of benzene rings is 2. The second kappa shape index (κ2) is 14.0. The minimum absolute atomic E-state index is 0.384. The van der Waals surface area contributed by atoms with Gasteiger partial charge >= 0.3 is 0 Å². The Morgan fingerprint density at radius 2 is 1.15 bits per heavy atom. The number of nitrogens with zero attached hydrogens (tertiary/aromatic N) is 2. The molecule has 0 amide bonds. The summed E-state index contributed by atoms with van der Waals surface area (Å²) >= 11 is 0. The maximum absolute atomic E-state index is 9.41. The van der Waals surface area contributed by atoms with Gasteiger partial charge in [-0.15, -0.1) is 0 Å². The molecule has 6 rings (SSSR count). The fraction of sp³-hybridized carbons (Fsp3) is 0.375. The number of H-pyrrole nitrogens is 2. The number of rotatable bonds is 4. The molecule has 4 aromatic rings. The number of hydrogen-bond acceptors (Lipinski definition) is 6. The molecule has 0 saturated carbocycles. The predicted molar refractivity (Wildman–Crippen MR) is 155 cm³/mol. The standard InChI is InChI=1S/2C14H18N2.C4H4O4/c2*1-16-9-3-4-11(10-16)12-5-2-6-14-13(12)7-8-15-14;5-3(6)1-2-4(7)8/h2*2,5-8,11,15H,3-4,9-10H2,1H3;1-2H,(H,5,6)(H,7,8)/p-2/b;;2-1+. The third-order valence-electron chi connectivity index (χ3n) is 7.74. The van der Waals surface area contributed by atoms with Crippen LogP contribution < -0.4 is 10.2 Å². The first-order valence-corrected chi connectivity index (χ1v) is 13.9. The van der Waals surface area contributed by atoms with Crippen molar-refractivity contribution in [3.63, 3.8) is 0 Å². The minimum atomic E-state index is -1.55. The van der Waals surface area contributed by atoms with E-state index in [-0.39, 0.29) is 0 Å². The highest BCUT2D eigenvalue weighted by molar-refractivity contribution is 5.87. The van der Waals surface area contributed by atoms with Crippen molar-refractivity contribution < 1.29 is 19.8 Å². The van der Waals surface area contributed by atoms with Crippen LogP contribution in [0.25, 0.3) is 21.8 Å². The fourth-order valence-corrected chi connectivity index (χ4v) is 5.91. The molecular formula is C32H38N4O4-2. The first-order chi connectivity index (χ1) is 19.3. The summed E-state index contributed by atoms with van der Waals surface area (Å²) in [6.07, 6.45) is 10.2. The lowest BCUT2D eigenvalue weighted by atomic mass is 9.89. The maximum Gasteiger partial charge on any atom is 0.0643 e. The molecule has 2 N–H and O–H groups in total. The van der Waals surface area contributed by atoms with Gasteiger partial charge in [0.2, 0.25) is 0 Å². The summed E-state index contributed by atoms with van der Waals surface area (Å²) in [6, 6.07) is 17.7. The Labute approximate surface area is 235 Å². The number of hydrogen-bond donors (Lipinski definition) is 2. The van der Waals surface area contributed by atoms with E-state index in [9.17, 15) is 19.8 Å². The second-order valence-electron chi connectivity index (χ2n) is 10.7. The Morgan fingerprint density at radius 3 is 1.52 bits per heavy atom. The van der Waals surface area contributed by atoms with E-state index in [2.05, 4.69) is 82.4 Å². The van der Waals surface area contributed by atoms with Crippen molar-refractivity contribution in [2.24, 2.45) is 0 Å². The van der Waals surface area contributed by atoms with Crippen LogP contribution in [0.3, 0.4) is 0 Å². The number of nitrogens with one attached hydrogen (secondary N) is 2. The number of carboxylic acid groups (broad SMARTS) is 2. The summed E-state index contributed by atoms with van der Waals surface area (Å²) in [7, 11) is 4.45. The Balaban J connectivity index is 0.000000148. The normalized spacial score (nSPS) is 20.1. The van der Waals surface area contributed by atoms with Gasteiger partial charge in [-0.3, -0.25) is 0 Å². The lowest BCUT2D eigenvalue weighted by Crippen LogP contribution is -2.30. The molecule has 2 fully saturated rings. The van der Waals surface area contributed by atoms with Crippen LogP contribution in [0.2, 0.25) is 0 Å². The summed E-state index contributed by atoms with van der Waals surface area (Å²) in [4.78, 5) is 30.3. The van der Waals surface area contributed by atoms with E-state index in [0.717, 1.165) is 0 Å². The Kier molecular flexibility index (Phi) is 10.2. The molecule has 2 aliphatic heterocycles. The molecule has 0 radical (unpaired) electrons. The zero-order valence-electron chi connectivity index (χ0n) is 23.3. The molecule has 212 valence electrons. The summed E-state index contributed by atoms with van der Waals surface area (Å²) in [5.41, 5.74) is 5.58. The number of carbonyl (C=O) groups excluding carboxylic acids is 2. The van der Waals surface area contributed by atoms with Crippen LogP contribution in [0.15, 0.2) is 73.1 Å². The van der Waals surface area contributed by atoms with Crippen molar-refractivity contribution in [2.45, 2.75) is 37.5 Å². The Hall–Kier alpha value is -3.88. The van der Waals surface area contributed by atoms with Crippen molar-refractivity contribution in [3.8, 4) is 0 Å². The number of aliphatic carboxylic acids is 2. The van der Waals surface area contributed by atoms with Gasteiger partial charge in [0.05, 0.1) is 11.9 Å². The van der Waals surface area contributed by atoms with Crippen molar-refractivity contribution in [3.05, 3.63) is 84.2 Å². The molecule has 2 aromatic heterocycles. The molecule has 2 aliphatic rings. The minimum Gasteiger partial charge on any atom is -0.545 e. The smallest absolute Gasteiger partial charge is 0.0643 e. The number of carboxylic acids is 2. The van der Waals surface area contributed by atoms with Gasteiger partial charge in [0.15, 0.2) is 0 Å². The van der Waals surface area contributed by atoms with Crippen molar-refractivity contribution in [1.82, 2.24) is 19.8 Å². The van der Waals surface area contributed by atoms with Gasteiger partial charge < -0.3 is 39.6 Å². The third kappa shape index (κ3) is 7.83. The van der Waals surface area contributed by atoms with Gasteiger partial charge in [0.1, 0.15) is 0 Å². The molecule has 0 spiro atoms. The van der Waals surface area contributed by atoms with E-state index in [4.69, 9.17) is 0 Å².